The van der Waals surface area contributed by atoms with Crippen LogP contribution in [0, 0.1) is 5.92 Å². The number of amides is 2. The molecule has 0 aromatic rings. The molecule has 118 valence electrons. The molecule has 21 heavy (non-hydrogen) atoms. The van der Waals surface area contributed by atoms with E-state index in [2.05, 4.69) is 6.26 Å². The fourth-order valence-electron chi connectivity index (χ4n) is 3.75. The molecule has 1 aliphatic heterocycles. The molecular formula is C16H26N2O2S. The first-order valence-electron chi connectivity index (χ1n) is 8.21. The molecule has 2 saturated carbocycles. The normalized spacial score (nSPS) is 32.5. The van der Waals surface area contributed by atoms with Crippen LogP contribution in [0.25, 0.3) is 0 Å². The van der Waals surface area contributed by atoms with E-state index in [4.69, 9.17) is 0 Å². The van der Waals surface area contributed by atoms with Crippen LogP contribution in [-0.2, 0) is 9.59 Å². The first-order valence-corrected chi connectivity index (χ1v) is 9.50. The molecule has 0 aromatic heterocycles. The first-order chi connectivity index (χ1) is 10.1. The van der Waals surface area contributed by atoms with Gasteiger partial charge in [-0.25, -0.2) is 0 Å². The number of carbonyl (C=O) groups is 2. The number of thioether (sulfide) groups is 1. The average molecular weight is 310 g/mol. The van der Waals surface area contributed by atoms with Gasteiger partial charge in [-0.15, -0.1) is 0 Å². The molecule has 0 bridgehead atoms. The molecule has 1 saturated heterocycles. The standard InChI is InChI=1S/C16H26N2O2S/c1-17(12-7-8-13(10-12)21-2)16(20)14-4-3-9-18(14)15(19)11-5-6-11/h11-14H,3-10H2,1-2H3/t12-,13+,14+/m0/s1. The fourth-order valence-corrected chi connectivity index (χ4v) is 4.54. The van der Waals surface area contributed by atoms with Crippen LogP contribution in [0.4, 0.5) is 0 Å². The fraction of sp³-hybridized carbons (Fsp3) is 0.875. The Balaban J connectivity index is 1.62. The lowest BCUT2D eigenvalue weighted by Crippen LogP contribution is -2.49. The number of likely N-dealkylation sites (tertiary alicyclic amines) is 1. The summed E-state index contributed by atoms with van der Waals surface area (Å²) in [6.07, 6.45) is 9.43. The minimum atomic E-state index is -0.184. The monoisotopic (exact) mass is 310 g/mol. The molecule has 2 amide bonds. The molecular weight excluding hydrogens is 284 g/mol. The number of rotatable bonds is 4. The Morgan fingerprint density at radius 3 is 2.52 bits per heavy atom. The van der Waals surface area contributed by atoms with Gasteiger partial charge in [0, 0.05) is 30.8 Å². The lowest BCUT2D eigenvalue weighted by molar-refractivity contribution is -0.144. The van der Waals surface area contributed by atoms with Crippen molar-refractivity contribution in [2.45, 2.75) is 62.3 Å². The van der Waals surface area contributed by atoms with Crippen LogP contribution >= 0.6 is 11.8 Å². The summed E-state index contributed by atoms with van der Waals surface area (Å²) in [7, 11) is 1.94. The molecule has 1 heterocycles. The van der Waals surface area contributed by atoms with Crippen molar-refractivity contribution in [1.29, 1.82) is 0 Å². The second kappa shape index (κ2) is 6.19. The summed E-state index contributed by atoms with van der Waals surface area (Å²) >= 11 is 1.91. The van der Waals surface area contributed by atoms with Crippen molar-refractivity contribution in [1.82, 2.24) is 9.80 Å². The maximum Gasteiger partial charge on any atom is 0.245 e. The maximum absolute atomic E-state index is 12.8. The summed E-state index contributed by atoms with van der Waals surface area (Å²) in [5.74, 6) is 0.622. The number of hydrogen-bond donors (Lipinski definition) is 0. The van der Waals surface area contributed by atoms with Gasteiger partial charge in [0.05, 0.1) is 0 Å². The highest BCUT2D eigenvalue weighted by atomic mass is 32.2. The summed E-state index contributed by atoms with van der Waals surface area (Å²) in [5.41, 5.74) is 0. The van der Waals surface area contributed by atoms with Gasteiger partial charge in [-0.2, -0.15) is 11.8 Å². The van der Waals surface area contributed by atoms with Crippen molar-refractivity contribution in [2.24, 2.45) is 5.92 Å². The predicted molar refractivity (Wildman–Crippen MR) is 85.2 cm³/mol. The Morgan fingerprint density at radius 1 is 1.14 bits per heavy atom. The van der Waals surface area contributed by atoms with E-state index >= 15 is 0 Å². The SMILES string of the molecule is CS[C@@H]1CC[C@H](N(C)C(=O)[C@H]2CCCN2C(=O)C2CC2)C1. The third-order valence-corrected chi connectivity index (χ3v) is 6.43. The van der Waals surface area contributed by atoms with Crippen LogP contribution in [0.3, 0.4) is 0 Å². The number of carbonyl (C=O) groups excluding carboxylic acids is 2. The molecule has 3 atom stereocenters. The highest BCUT2D eigenvalue weighted by Crippen LogP contribution is 2.35. The third-order valence-electron chi connectivity index (χ3n) is 5.33. The van der Waals surface area contributed by atoms with E-state index in [0.29, 0.717) is 11.3 Å². The van der Waals surface area contributed by atoms with Gasteiger partial charge in [-0.1, -0.05) is 0 Å². The van der Waals surface area contributed by atoms with Crippen molar-refractivity contribution in [2.75, 3.05) is 19.8 Å². The van der Waals surface area contributed by atoms with Crippen molar-refractivity contribution in [3.05, 3.63) is 0 Å². The lowest BCUT2D eigenvalue weighted by Gasteiger charge is -2.31. The van der Waals surface area contributed by atoms with Gasteiger partial charge in [-0.05, 0) is 51.2 Å². The molecule has 2 aliphatic carbocycles. The van der Waals surface area contributed by atoms with Crippen LogP contribution in [0.1, 0.15) is 44.9 Å². The lowest BCUT2D eigenvalue weighted by atomic mass is 10.1. The zero-order valence-corrected chi connectivity index (χ0v) is 13.9. The third kappa shape index (κ3) is 3.08. The molecule has 0 spiro atoms. The number of nitrogens with zero attached hydrogens (tertiary/aromatic N) is 2. The quantitative estimate of drug-likeness (QED) is 0.799. The largest absolute Gasteiger partial charge is 0.341 e. The Hall–Kier alpha value is -0.710. The van der Waals surface area contributed by atoms with Crippen LogP contribution in [-0.4, -0.2) is 58.8 Å². The topological polar surface area (TPSA) is 40.6 Å². The molecule has 5 heteroatoms. The summed E-state index contributed by atoms with van der Waals surface area (Å²) in [6, 6.07) is 0.185. The van der Waals surface area contributed by atoms with E-state index in [1.807, 2.05) is 28.6 Å². The predicted octanol–water partition coefficient (Wildman–Crippen LogP) is 2.13. The summed E-state index contributed by atoms with van der Waals surface area (Å²) in [5, 5.41) is 0.693. The second-order valence-corrected chi connectivity index (χ2v) is 7.88. The smallest absolute Gasteiger partial charge is 0.245 e. The van der Waals surface area contributed by atoms with Crippen LogP contribution in [0.2, 0.25) is 0 Å². The summed E-state index contributed by atoms with van der Waals surface area (Å²) < 4.78 is 0. The highest BCUT2D eigenvalue weighted by molar-refractivity contribution is 7.99. The maximum atomic E-state index is 12.8. The molecule has 3 rings (SSSR count). The van der Waals surface area contributed by atoms with Gasteiger partial charge >= 0.3 is 0 Å². The van der Waals surface area contributed by atoms with E-state index < -0.39 is 0 Å². The number of hydrogen-bond acceptors (Lipinski definition) is 3. The van der Waals surface area contributed by atoms with Crippen LogP contribution < -0.4 is 0 Å². The van der Waals surface area contributed by atoms with Gasteiger partial charge in [0.15, 0.2) is 0 Å². The van der Waals surface area contributed by atoms with E-state index in [-0.39, 0.29) is 23.8 Å². The molecule has 0 N–H and O–H groups in total. The van der Waals surface area contributed by atoms with Gasteiger partial charge in [0.2, 0.25) is 11.8 Å². The Kier molecular flexibility index (Phi) is 4.48. The van der Waals surface area contributed by atoms with Gasteiger partial charge in [0.1, 0.15) is 6.04 Å². The highest BCUT2D eigenvalue weighted by Gasteiger charge is 2.42. The molecule has 3 fully saturated rings. The average Bonchev–Trinajstić information content (AvgIpc) is 3.05. The second-order valence-electron chi connectivity index (χ2n) is 6.74. The molecule has 0 radical (unpaired) electrons. The van der Waals surface area contributed by atoms with Gasteiger partial charge < -0.3 is 9.80 Å². The minimum Gasteiger partial charge on any atom is -0.341 e. The number of likely N-dealkylation sites (N-methyl/N-ethyl adjacent to an activating group) is 1. The molecule has 4 nitrogen and oxygen atoms in total. The van der Waals surface area contributed by atoms with Gasteiger partial charge in [-0.3, -0.25) is 9.59 Å². The van der Waals surface area contributed by atoms with Crippen molar-refractivity contribution >= 4 is 23.6 Å². The molecule has 0 unspecified atom stereocenters. The summed E-state index contributed by atoms with van der Waals surface area (Å²) in [6.45, 7) is 0.775. The van der Waals surface area contributed by atoms with Crippen LogP contribution in [0.5, 0.6) is 0 Å². The van der Waals surface area contributed by atoms with E-state index in [0.717, 1.165) is 45.1 Å². The first kappa shape index (κ1) is 15.2. The van der Waals surface area contributed by atoms with E-state index in [1.54, 1.807) is 0 Å². The minimum absolute atomic E-state index is 0.174. The zero-order chi connectivity index (χ0) is 15.0. The van der Waals surface area contributed by atoms with Gasteiger partial charge in [0.25, 0.3) is 0 Å². The van der Waals surface area contributed by atoms with Crippen molar-refractivity contribution in [3.8, 4) is 0 Å². The van der Waals surface area contributed by atoms with E-state index in [9.17, 15) is 9.59 Å². The van der Waals surface area contributed by atoms with E-state index in [1.165, 1.54) is 6.42 Å². The van der Waals surface area contributed by atoms with Crippen LogP contribution in [0.15, 0.2) is 0 Å². The van der Waals surface area contributed by atoms with Crippen molar-refractivity contribution in [3.63, 3.8) is 0 Å². The van der Waals surface area contributed by atoms with Crippen molar-refractivity contribution < 1.29 is 9.59 Å². The molecule has 3 aliphatic rings. The Bertz CT molecular complexity index is 425. The Morgan fingerprint density at radius 2 is 1.90 bits per heavy atom. The molecule has 0 aromatic carbocycles. The summed E-state index contributed by atoms with van der Waals surface area (Å²) in [4.78, 5) is 28.9. The Labute approximate surface area is 131 Å². The zero-order valence-electron chi connectivity index (χ0n) is 13.1.